The van der Waals surface area contributed by atoms with Gasteiger partial charge in [-0.15, -0.1) is 0 Å². The fourth-order valence-electron chi connectivity index (χ4n) is 2.87. The van der Waals surface area contributed by atoms with Crippen molar-refractivity contribution in [2.24, 2.45) is 0 Å². The van der Waals surface area contributed by atoms with Crippen LogP contribution in [0, 0.1) is 0 Å². The number of hydrogen-bond acceptors (Lipinski definition) is 5. The van der Waals surface area contributed by atoms with Gasteiger partial charge in [-0.2, -0.15) is 0 Å². The Morgan fingerprint density at radius 2 is 1.81 bits per heavy atom. The topological polar surface area (TPSA) is 93.7 Å². The van der Waals surface area contributed by atoms with Gasteiger partial charge in [0.05, 0.1) is 24.8 Å². The summed E-state index contributed by atoms with van der Waals surface area (Å²) < 4.78 is 10.8. The molecule has 0 saturated carbocycles. The maximum Gasteiger partial charge on any atom is 0.259 e. The molecule has 2 aromatic carbocycles. The van der Waals surface area contributed by atoms with E-state index in [1.54, 1.807) is 13.2 Å². The quantitative estimate of drug-likeness (QED) is 0.733. The predicted octanol–water partition coefficient (Wildman–Crippen LogP) is 2.55. The maximum absolute atomic E-state index is 12.2. The van der Waals surface area contributed by atoms with Gasteiger partial charge in [-0.05, 0) is 49.2 Å². The summed E-state index contributed by atoms with van der Waals surface area (Å²) in [5.41, 5.74) is 2.02. The Morgan fingerprint density at radius 3 is 2.56 bits per heavy atom. The van der Waals surface area contributed by atoms with Gasteiger partial charge in [0.1, 0.15) is 0 Å². The van der Waals surface area contributed by atoms with Crippen molar-refractivity contribution in [2.75, 3.05) is 19.0 Å². The number of amides is 3. The van der Waals surface area contributed by atoms with Gasteiger partial charge in [-0.3, -0.25) is 19.7 Å². The minimum atomic E-state index is -0.451. The van der Waals surface area contributed by atoms with Gasteiger partial charge in [-0.25, -0.2) is 0 Å². The molecule has 0 unspecified atom stereocenters. The second kappa shape index (κ2) is 7.90. The normalized spacial score (nSPS) is 12.4. The first-order chi connectivity index (χ1) is 13.0. The first kappa shape index (κ1) is 18.4. The zero-order valence-electron chi connectivity index (χ0n) is 15.1. The Morgan fingerprint density at radius 1 is 1.04 bits per heavy atom. The molecule has 1 heterocycles. The van der Waals surface area contributed by atoms with Crippen molar-refractivity contribution >= 4 is 23.4 Å². The van der Waals surface area contributed by atoms with Crippen molar-refractivity contribution < 1.29 is 23.9 Å². The second-order valence-electron chi connectivity index (χ2n) is 6.01. The number of rotatable bonds is 7. The Bertz CT molecular complexity index is 907. The van der Waals surface area contributed by atoms with Crippen LogP contribution in [0.4, 0.5) is 5.69 Å². The summed E-state index contributed by atoms with van der Waals surface area (Å²) in [6.07, 6.45) is 0.790. The van der Waals surface area contributed by atoms with E-state index in [1.807, 2.05) is 25.1 Å². The Balaban J connectivity index is 1.61. The van der Waals surface area contributed by atoms with E-state index in [0.717, 1.165) is 5.56 Å². The van der Waals surface area contributed by atoms with Crippen molar-refractivity contribution in [3.63, 3.8) is 0 Å². The van der Waals surface area contributed by atoms with Crippen LogP contribution in [-0.4, -0.2) is 31.4 Å². The molecule has 1 aliphatic heterocycles. The molecule has 0 aliphatic carbocycles. The molecule has 7 nitrogen and oxygen atoms in total. The summed E-state index contributed by atoms with van der Waals surface area (Å²) in [6.45, 7) is 2.44. The lowest BCUT2D eigenvalue weighted by Gasteiger charge is -2.11. The van der Waals surface area contributed by atoms with Crippen molar-refractivity contribution in [1.29, 1.82) is 0 Å². The summed E-state index contributed by atoms with van der Waals surface area (Å²) in [4.78, 5) is 35.5. The van der Waals surface area contributed by atoms with Gasteiger partial charge in [0.2, 0.25) is 5.91 Å². The first-order valence-corrected chi connectivity index (χ1v) is 8.61. The lowest BCUT2D eigenvalue weighted by atomic mass is 10.1. The smallest absolute Gasteiger partial charge is 0.259 e. The van der Waals surface area contributed by atoms with Gasteiger partial charge in [0.25, 0.3) is 11.8 Å². The molecule has 2 aromatic rings. The molecule has 0 spiro atoms. The number of carbonyl (C=O) groups excluding carboxylic acids is 3. The van der Waals surface area contributed by atoms with Crippen LogP contribution in [0.1, 0.15) is 39.6 Å². The standard InChI is InChI=1S/C20H20N2O5/c1-3-27-16-8-4-12(10-17(16)26-2)5-9-18(23)21-13-6-7-14-15(11-13)20(25)22-19(14)24/h4,6-8,10-11H,3,5,9H2,1-2H3,(H,21,23)(H,22,24,25). The van der Waals surface area contributed by atoms with Gasteiger partial charge < -0.3 is 14.8 Å². The Hall–Kier alpha value is -3.35. The molecule has 0 radical (unpaired) electrons. The molecule has 27 heavy (non-hydrogen) atoms. The minimum absolute atomic E-state index is 0.187. The number of aryl methyl sites for hydroxylation is 1. The average molecular weight is 368 g/mol. The van der Waals surface area contributed by atoms with Crippen molar-refractivity contribution in [3.05, 3.63) is 53.1 Å². The number of fused-ring (bicyclic) bond motifs is 1. The molecule has 0 fully saturated rings. The molecule has 1 aliphatic rings. The summed E-state index contributed by atoms with van der Waals surface area (Å²) in [5, 5.41) is 4.97. The van der Waals surface area contributed by atoms with Crippen LogP contribution in [0.2, 0.25) is 0 Å². The van der Waals surface area contributed by atoms with E-state index in [-0.39, 0.29) is 17.9 Å². The lowest BCUT2D eigenvalue weighted by Crippen LogP contribution is -2.19. The molecule has 0 aromatic heterocycles. The fraction of sp³-hybridized carbons (Fsp3) is 0.250. The summed E-state index contributed by atoms with van der Waals surface area (Å²) in [6, 6.07) is 10.2. The number of methoxy groups -OCH3 is 1. The molecule has 0 saturated heterocycles. The zero-order valence-corrected chi connectivity index (χ0v) is 15.1. The molecule has 3 amide bonds. The minimum Gasteiger partial charge on any atom is -0.493 e. The number of carbonyl (C=O) groups is 3. The third-order valence-electron chi connectivity index (χ3n) is 4.19. The summed E-state index contributed by atoms with van der Waals surface area (Å²) in [5.74, 6) is 0.237. The van der Waals surface area contributed by atoms with Crippen LogP contribution in [0.3, 0.4) is 0 Å². The van der Waals surface area contributed by atoms with E-state index in [9.17, 15) is 14.4 Å². The number of benzene rings is 2. The second-order valence-corrected chi connectivity index (χ2v) is 6.01. The molecule has 2 N–H and O–H groups in total. The number of anilines is 1. The van der Waals surface area contributed by atoms with Crippen LogP contribution in [0.25, 0.3) is 0 Å². The fourth-order valence-corrected chi connectivity index (χ4v) is 2.87. The molecule has 0 atom stereocenters. The van der Waals surface area contributed by atoms with Gasteiger partial charge in [0, 0.05) is 12.1 Å². The number of imide groups is 1. The largest absolute Gasteiger partial charge is 0.493 e. The van der Waals surface area contributed by atoms with Crippen molar-refractivity contribution in [3.8, 4) is 11.5 Å². The summed E-state index contributed by atoms with van der Waals surface area (Å²) in [7, 11) is 1.57. The highest BCUT2D eigenvalue weighted by Crippen LogP contribution is 2.28. The van der Waals surface area contributed by atoms with E-state index < -0.39 is 11.8 Å². The third kappa shape index (κ3) is 4.08. The number of ether oxygens (including phenoxy) is 2. The van der Waals surface area contributed by atoms with E-state index >= 15 is 0 Å². The number of hydrogen-bond donors (Lipinski definition) is 2. The van der Waals surface area contributed by atoms with Crippen LogP contribution in [0.5, 0.6) is 11.5 Å². The van der Waals surface area contributed by atoms with E-state index in [0.29, 0.717) is 35.8 Å². The molecular weight excluding hydrogens is 348 g/mol. The zero-order chi connectivity index (χ0) is 19.4. The molecule has 7 heteroatoms. The van der Waals surface area contributed by atoms with Crippen molar-refractivity contribution in [2.45, 2.75) is 19.8 Å². The highest BCUT2D eigenvalue weighted by molar-refractivity contribution is 6.22. The molecule has 3 rings (SSSR count). The van der Waals surface area contributed by atoms with E-state index in [4.69, 9.17) is 9.47 Å². The van der Waals surface area contributed by atoms with Crippen molar-refractivity contribution in [1.82, 2.24) is 5.32 Å². The first-order valence-electron chi connectivity index (χ1n) is 8.61. The van der Waals surface area contributed by atoms with E-state index in [1.165, 1.54) is 12.1 Å². The van der Waals surface area contributed by atoms with E-state index in [2.05, 4.69) is 10.6 Å². The van der Waals surface area contributed by atoms with Crippen LogP contribution < -0.4 is 20.1 Å². The highest BCUT2D eigenvalue weighted by atomic mass is 16.5. The molecule has 140 valence electrons. The monoisotopic (exact) mass is 368 g/mol. The predicted molar refractivity (Wildman–Crippen MR) is 99.4 cm³/mol. The average Bonchev–Trinajstić information content (AvgIpc) is 2.94. The van der Waals surface area contributed by atoms with Crippen LogP contribution in [-0.2, 0) is 11.2 Å². The third-order valence-corrected chi connectivity index (χ3v) is 4.19. The SMILES string of the molecule is CCOc1ccc(CCC(=O)Nc2ccc3c(c2)C(=O)NC3=O)cc1OC. The van der Waals surface area contributed by atoms with Gasteiger partial charge >= 0.3 is 0 Å². The highest BCUT2D eigenvalue weighted by Gasteiger charge is 2.26. The Kier molecular flexibility index (Phi) is 5.40. The Labute approximate surface area is 156 Å². The number of nitrogens with one attached hydrogen (secondary N) is 2. The van der Waals surface area contributed by atoms with Crippen LogP contribution >= 0.6 is 0 Å². The van der Waals surface area contributed by atoms with Gasteiger partial charge in [0.15, 0.2) is 11.5 Å². The molecular formula is C20H20N2O5. The van der Waals surface area contributed by atoms with Crippen LogP contribution in [0.15, 0.2) is 36.4 Å². The molecule has 0 bridgehead atoms. The maximum atomic E-state index is 12.2. The lowest BCUT2D eigenvalue weighted by molar-refractivity contribution is -0.116. The summed E-state index contributed by atoms with van der Waals surface area (Å²) >= 11 is 0. The van der Waals surface area contributed by atoms with Gasteiger partial charge in [-0.1, -0.05) is 6.07 Å².